The van der Waals surface area contributed by atoms with Crippen molar-refractivity contribution in [3.05, 3.63) is 53.9 Å². The first kappa shape index (κ1) is 15.9. The Bertz CT molecular complexity index is 642. The Morgan fingerprint density at radius 2 is 1.77 bits per heavy atom. The lowest BCUT2D eigenvalue weighted by Gasteiger charge is -2.14. The molecule has 0 saturated carbocycles. The molecule has 0 aliphatic rings. The number of hydrogen-bond acceptors (Lipinski definition) is 5. The minimum atomic E-state index is -0.612. The number of hydrogen-bond donors (Lipinski definition) is 1. The molecule has 0 fully saturated rings. The molecule has 6 nitrogen and oxygen atoms in total. The Kier molecular flexibility index (Phi) is 5.46. The van der Waals surface area contributed by atoms with E-state index >= 15 is 0 Å². The molecule has 0 aliphatic heterocycles. The summed E-state index contributed by atoms with van der Waals surface area (Å²) in [5.74, 6) is 0.246. The highest BCUT2D eigenvalue weighted by Crippen LogP contribution is 2.23. The third kappa shape index (κ3) is 3.60. The number of ether oxygens (including phenoxy) is 3. The summed E-state index contributed by atoms with van der Waals surface area (Å²) in [6, 6.07) is 12.3. The molecule has 1 amide bonds. The normalized spacial score (nSPS) is 10.5. The zero-order chi connectivity index (χ0) is 15.9. The topological polar surface area (TPSA) is 69.7 Å². The monoisotopic (exact) mass is 302 g/mol. The van der Waals surface area contributed by atoms with Crippen LogP contribution in [-0.4, -0.2) is 32.2 Å². The van der Waals surface area contributed by atoms with E-state index in [-0.39, 0.29) is 11.6 Å². The molecule has 1 N–H and O–H groups in total. The van der Waals surface area contributed by atoms with Gasteiger partial charge in [0.1, 0.15) is 11.4 Å². The van der Waals surface area contributed by atoms with E-state index in [2.05, 4.69) is 10.3 Å². The van der Waals surface area contributed by atoms with Gasteiger partial charge in [-0.25, -0.2) is 4.98 Å². The van der Waals surface area contributed by atoms with Crippen LogP contribution in [0.25, 0.3) is 0 Å². The number of methoxy groups -OCH3 is 3. The summed E-state index contributed by atoms with van der Waals surface area (Å²) in [7, 11) is 4.57. The van der Waals surface area contributed by atoms with Crippen molar-refractivity contribution in [2.24, 2.45) is 0 Å². The second-order valence-corrected chi connectivity index (χ2v) is 4.41. The molecular formula is C16H18N2O4. The number of amides is 1. The lowest BCUT2D eigenvalue weighted by Crippen LogP contribution is -2.16. The summed E-state index contributed by atoms with van der Waals surface area (Å²) in [5.41, 5.74) is 1.37. The number of nitrogens with zero attached hydrogens (tertiary/aromatic N) is 1. The SMILES string of the molecule is COc1ccccc1NC(=O)c1cccc(C(OC)OC)n1. The molecule has 1 heterocycles. The summed E-state index contributed by atoms with van der Waals surface area (Å²) in [5, 5.41) is 2.77. The number of rotatable bonds is 6. The average Bonchev–Trinajstić information content (AvgIpc) is 2.57. The number of anilines is 1. The molecule has 0 saturated heterocycles. The highest BCUT2D eigenvalue weighted by Gasteiger charge is 2.15. The number of para-hydroxylation sites is 2. The van der Waals surface area contributed by atoms with Gasteiger partial charge in [0.05, 0.1) is 18.5 Å². The Hall–Kier alpha value is -2.44. The number of pyridine rings is 1. The molecule has 0 radical (unpaired) electrons. The molecule has 2 rings (SSSR count). The fourth-order valence-electron chi connectivity index (χ4n) is 1.98. The van der Waals surface area contributed by atoms with Gasteiger partial charge in [-0.1, -0.05) is 18.2 Å². The van der Waals surface area contributed by atoms with Crippen LogP contribution < -0.4 is 10.1 Å². The van der Waals surface area contributed by atoms with Crippen molar-refractivity contribution >= 4 is 11.6 Å². The Morgan fingerprint density at radius 1 is 1.05 bits per heavy atom. The molecular weight excluding hydrogens is 284 g/mol. The van der Waals surface area contributed by atoms with Crippen LogP contribution in [-0.2, 0) is 9.47 Å². The fraction of sp³-hybridized carbons (Fsp3) is 0.250. The Balaban J connectivity index is 2.21. The standard InChI is InChI=1S/C16H18N2O4/c1-20-14-10-5-4-7-11(14)18-15(19)12-8-6-9-13(17-12)16(21-2)22-3/h4-10,16H,1-3H3,(H,18,19). The van der Waals surface area contributed by atoms with Crippen molar-refractivity contribution in [2.75, 3.05) is 26.6 Å². The van der Waals surface area contributed by atoms with E-state index in [9.17, 15) is 4.79 Å². The number of benzene rings is 1. The zero-order valence-electron chi connectivity index (χ0n) is 12.7. The van der Waals surface area contributed by atoms with E-state index in [0.29, 0.717) is 17.1 Å². The second kappa shape index (κ2) is 7.53. The first-order valence-corrected chi connectivity index (χ1v) is 6.66. The molecule has 0 atom stereocenters. The van der Waals surface area contributed by atoms with Crippen LogP contribution >= 0.6 is 0 Å². The number of aromatic nitrogens is 1. The summed E-state index contributed by atoms with van der Waals surface area (Å²) in [6.45, 7) is 0. The molecule has 0 aliphatic carbocycles. The first-order chi connectivity index (χ1) is 10.7. The molecule has 22 heavy (non-hydrogen) atoms. The van der Waals surface area contributed by atoms with E-state index < -0.39 is 6.29 Å². The van der Waals surface area contributed by atoms with Gasteiger partial charge in [0.15, 0.2) is 0 Å². The van der Waals surface area contributed by atoms with Crippen molar-refractivity contribution in [3.63, 3.8) is 0 Å². The third-order valence-corrected chi connectivity index (χ3v) is 3.03. The van der Waals surface area contributed by atoms with Crippen LogP contribution in [0.2, 0.25) is 0 Å². The molecule has 0 bridgehead atoms. The quantitative estimate of drug-likeness (QED) is 0.831. The molecule has 0 spiro atoms. The van der Waals surface area contributed by atoms with Crippen LogP contribution in [0.4, 0.5) is 5.69 Å². The van der Waals surface area contributed by atoms with E-state index in [1.54, 1.807) is 37.4 Å². The van der Waals surface area contributed by atoms with Crippen LogP contribution in [0.5, 0.6) is 5.75 Å². The zero-order valence-corrected chi connectivity index (χ0v) is 12.7. The predicted molar refractivity (Wildman–Crippen MR) is 81.9 cm³/mol. The van der Waals surface area contributed by atoms with Crippen LogP contribution in [0.15, 0.2) is 42.5 Å². The predicted octanol–water partition coefficient (Wildman–Crippen LogP) is 2.63. The highest BCUT2D eigenvalue weighted by atomic mass is 16.7. The van der Waals surface area contributed by atoms with Gasteiger partial charge in [-0.15, -0.1) is 0 Å². The Labute approximate surface area is 129 Å². The van der Waals surface area contributed by atoms with Crippen LogP contribution in [0, 0.1) is 0 Å². The fourth-order valence-corrected chi connectivity index (χ4v) is 1.98. The minimum absolute atomic E-state index is 0.266. The maximum Gasteiger partial charge on any atom is 0.274 e. The molecule has 1 aromatic carbocycles. The summed E-state index contributed by atoms with van der Waals surface area (Å²) in [4.78, 5) is 16.6. The smallest absolute Gasteiger partial charge is 0.274 e. The van der Waals surface area contributed by atoms with Crippen molar-refractivity contribution in [1.82, 2.24) is 4.98 Å². The van der Waals surface area contributed by atoms with Crippen molar-refractivity contribution in [3.8, 4) is 5.75 Å². The average molecular weight is 302 g/mol. The van der Waals surface area contributed by atoms with E-state index in [1.807, 2.05) is 12.1 Å². The van der Waals surface area contributed by atoms with E-state index in [0.717, 1.165) is 0 Å². The minimum Gasteiger partial charge on any atom is -0.495 e. The van der Waals surface area contributed by atoms with Gasteiger partial charge >= 0.3 is 0 Å². The summed E-state index contributed by atoms with van der Waals surface area (Å²) >= 11 is 0. The van der Waals surface area contributed by atoms with Gasteiger partial charge in [-0.2, -0.15) is 0 Å². The molecule has 116 valence electrons. The van der Waals surface area contributed by atoms with Gasteiger partial charge in [-0.05, 0) is 24.3 Å². The largest absolute Gasteiger partial charge is 0.495 e. The number of nitrogens with one attached hydrogen (secondary N) is 1. The molecule has 6 heteroatoms. The summed E-state index contributed by atoms with van der Waals surface area (Å²) < 4.78 is 15.5. The third-order valence-electron chi connectivity index (χ3n) is 3.03. The Morgan fingerprint density at radius 3 is 2.45 bits per heavy atom. The van der Waals surface area contributed by atoms with Gasteiger partial charge < -0.3 is 19.5 Å². The molecule has 1 aromatic heterocycles. The van der Waals surface area contributed by atoms with Crippen molar-refractivity contribution in [1.29, 1.82) is 0 Å². The maximum absolute atomic E-state index is 12.3. The van der Waals surface area contributed by atoms with Gasteiger partial charge in [-0.3, -0.25) is 4.79 Å². The van der Waals surface area contributed by atoms with Gasteiger partial charge in [0, 0.05) is 14.2 Å². The lowest BCUT2D eigenvalue weighted by atomic mass is 10.2. The molecule has 0 unspecified atom stereocenters. The lowest BCUT2D eigenvalue weighted by molar-refractivity contribution is -0.108. The highest BCUT2D eigenvalue weighted by molar-refractivity contribution is 6.03. The first-order valence-electron chi connectivity index (χ1n) is 6.66. The van der Waals surface area contributed by atoms with Gasteiger partial charge in [0.25, 0.3) is 5.91 Å². The number of carbonyl (C=O) groups excluding carboxylic acids is 1. The van der Waals surface area contributed by atoms with Crippen molar-refractivity contribution in [2.45, 2.75) is 6.29 Å². The van der Waals surface area contributed by atoms with Gasteiger partial charge in [0.2, 0.25) is 6.29 Å². The maximum atomic E-state index is 12.3. The second-order valence-electron chi connectivity index (χ2n) is 4.41. The summed E-state index contributed by atoms with van der Waals surface area (Å²) in [6.07, 6.45) is -0.612. The van der Waals surface area contributed by atoms with Crippen LogP contribution in [0.3, 0.4) is 0 Å². The number of carbonyl (C=O) groups is 1. The molecule has 2 aromatic rings. The van der Waals surface area contributed by atoms with Crippen molar-refractivity contribution < 1.29 is 19.0 Å². The van der Waals surface area contributed by atoms with E-state index in [4.69, 9.17) is 14.2 Å². The van der Waals surface area contributed by atoms with Crippen LogP contribution in [0.1, 0.15) is 22.5 Å². The van der Waals surface area contributed by atoms with E-state index in [1.165, 1.54) is 14.2 Å².